The molecule has 4 heteroatoms. The van der Waals surface area contributed by atoms with E-state index in [0.717, 1.165) is 11.3 Å². The molecule has 1 heterocycles. The lowest BCUT2D eigenvalue weighted by Crippen LogP contribution is -2.31. The molecule has 3 nitrogen and oxygen atoms in total. The number of carbonyl (C=O) groups is 1. The van der Waals surface area contributed by atoms with Crippen molar-refractivity contribution in [2.75, 3.05) is 0 Å². The van der Waals surface area contributed by atoms with Crippen LogP contribution in [-0.4, -0.2) is 11.0 Å². The molecule has 0 aliphatic carbocycles. The van der Waals surface area contributed by atoms with Crippen molar-refractivity contribution in [2.45, 2.75) is 39.3 Å². The van der Waals surface area contributed by atoms with E-state index in [9.17, 15) is 9.90 Å². The number of carbonyl (C=O) groups excluding carboxylic acids is 1. The van der Waals surface area contributed by atoms with Crippen molar-refractivity contribution in [2.24, 2.45) is 0 Å². The standard InChI is InChI=1S/C17H21NO2S/c1-4-14-11(2)10-15(21-14)12(3)18-17(20)16(19)13-8-6-5-7-9-13/h5-10,12,16,19H,4H2,1-3H3,(H,18,20)/t12-,16+/m1/s1. The molecular formula is C17H21NO2S. The number of benzene rings is 1. The summed E-state index contributed by atoms with van der Waals surface area (Å²) in [5.74, 6) is -0.363. The third kappa shape index (κ3) is 3.71. The summed E-state index contributed by atoms with van der Waals surface area (Å²) in [4.78, 5) is 14.6. The minimum atomic E-state index is -1.12. The molecule has 21 heavy (non-hydrogen) atoms. The number of hydrogen-bond acceptors (Lipinski definition) is 3. The van der Waals surface area contributed by atoms with Crippen LogP contribution >= 0.6 is 11.3 Å². The van der Waals surface area contributed by atoms with Crippen molar-refractivity contribution in [3.8, 4) is 0 Å². The van der Waals surface area contributed by atoms with Gasteiger partial charge in [-0.05, 0) is 37.5 Å². The van der Waals surface area contributed by atoms with Gasteiger partial charge in [-0.15, -0.1) is 11.3 Å². The third-order valence-electron chi connectivity index (χ3n) is 3.51. The fourth-order valence-corrected chi connectivity index (χ4v) is 3.38. The average Bonchev–Trinajstić information content (AvgIpc) is 2.88. The van der Waals surface area contributed by atoms with Crippen LogP contribution in [0.4, 0.5) is 0 Å². The smallest absolute Gasteiger partial charge is 0.253 e. The van der Waals surface area contributed by atoms with Crippen LogP contribution in [0, 0.1) is 6.92 Å². The van der Waals surface area contributed by atoms with Crippen LogP contribution in [0.1, 0.15) is 46.9 Å². The second-order valence-electron chi connectivity index (χ2n) is 5.15. The zero-order chi connectivity index (χ0) is 15.4. The first kappa shape index (κ1) is 15.7. The Labute approximate surface area is 129 Å². The molecule has 0 aliphatic rings. The van der Waals surface area contributed by atoms with Crippen molar-refractivity contribution in [3.63, 3.8) is 0 Å². The Hall–Kier alpha value is -1.65. The first-order valence-corrected chi connectivity index (χ1v) is 7.97. The van der Waals surface area contributed by atoms with Gasteiger partial charge in [0.15, 0.2) is 6.10 Å². The first-order chi connectivity index (χ1) is 10.0. The zero-order valence-electron chi connectivity index (χ0n) is 12.6. The van der Waals surface area contributed by atoms with Crippen LogP contribution in [-0.2, 0) is 11.2 Å². The lowest BCUT2D eigenvalue weighted by Gasteiger charge is -2.16. The second kappa shape index (κ2) is 6.87. The maximum absolute atomic E-state index is 12.1. The Morgan fingerprint density at radius 3 is 2.57 bits per heavy atom. The summed E-state index contributed by atoms with van der Waals surface area (Å²) in [6.45, 7) is 6.16. The number of nitrogens with one attached hydrogen (secondary N) is 1. The lowest BCUT2D eigenvalue weighted by molar-refractivity contribution is -0.130. The molecule has 2 N–H and O–H groups in total. The maximum Gasteiger partial charge on any atom is 0.253 e. The molecule has 0 saturated carbocycles. The SMILES string of the molecule is CCc1sc([C@@H](C)NC(=O)[C@@H](O)c2ccccc2)cc1C. The molecule has 0 unspecified atom stereocenters. The molecule has 2 atom stereocenters. The van der Waals surface area contributed by atoms with Crippen LogP contribution in [0.25, 0.3) is 0 Å². The van der Waals surface area contributed by atoms with Gasteiger partial charge in [-0.3, -0.25) is 4.79 Å². The van der Waals surface area contributed by atoms with E-state index in [1.165, 1.54) is 10.4 Å². The van der Waals surface area contributed by atoms with Gasteiger partial charge in [0.2, 0.25) is 0 Å². The minimum Gasteiger partial charge on any atom is -0.378 e. The summed E-state index contributed by atoms with van der Waals surface area (Å²) >= 11 is 1.72. The van der Waals surface area contributed by atoms with E-state index < -0.39 is 6.10 Å². The molecule has 2 rings (SSSR count). The summed E-state index contributed by atoms with van der Waals surface area (Å²) in [5, 5.41) is 13.0. The normalized spacial score (nSPS) is 13.7. The molecular weight excluding hydrogens is 282 g/mol. The van der Waals surface area contributed by atoms with Crippen LogP contribution in [0.2, 0.25) is 0 Å². The fraction of sp³-hybridized carbons (Fsp3) is 0.353. The predicted octanol–water partition coefficient (Wildman–Crippen LogP) is 3.53. The monoisotopic (exact) mass is 303 g/mol. The van der Waals surface area contributed by atoms with E-state index in [4.69, 9.17) is 0 Å². The Kier molecular flexibility index (Phi) is 5.15. The quantitative estimate of drug-likeness (QED) is 0.887. The topological polar surface area (TPSA) is 49.3 Å². The largest absolute Gasteiger partial charge is 0.378 e. The van der Waals surface area contributed by atoms with Crippen LogP contribution in [0.5, 0.6) is 0 Å². The van der Waals surface area contributed by atoms with Crippen molar-refractivity contribution < 1.29 is 9.90 Å². The molecule has 0 bridgehead atoms. The number of aliphatic hydroxyl groups excluding tert-OH is 1. The highest BCUT2D eigenvalue weighted by Crippen LogP contribution is 2.28. The summed E-state index contributed by atoms with van der Waals surface area (Å²) in [6, 6.07) is 11.0. The van der Waals surface area contributed by atoms with Gasteiger partial charge in [0.05, 0.1) is 6.04 Å². The lowest BCUT2D eigenvalue weighted by atomic mass is 10.1. The van der Waals surface area contributed by atoms with E-state index in [-0.39, 0.29) is 11.9 Å². The Morgan fingerprint density at radius 1 is 1.33 bits per heavy atom. The van der Waals surface area contributed by atoms with Gasteiger partial charge < -0.3 is 10.4 Å². The molecule has 1 aromatic heterocycles. The molecule has 2 aromatic rings. The Morgan fingerprint density at radius 2 is 2.00 bits per heavy atom. The van der Waals surface area contributed by atoms with E-state index >= 15 is 0 Å². The molecule has 0 saturated heterocycles. The number of amides is 1. The van der Waals surface area contributed by atoms with E-state index in [1.54, 1.807) is 23.5 Å². The molecule has 1 aromatic carbocycles. The number of aryl methyl sites for hydroxylation is 2. The summed E-state index contributed by atoms with van der Waals surface area (Å²) in [5.41, 5.74) is 1.88. The number of hydrogen-bond donors (Lipinski definition) is 2. The molecule has 0 radical (unpaired) electrons. The van der Waals surface area contributed by atoms with Gasteiger partial charge in [-0.25, -0.2) is 0 Å². The van der Waals surface area contributed by atoms with Crippen LogP contribution in [0.3, 0.4) is 0 Å². The highest BCUT2D eigenvalue weighted by molar-refractivity contribution is 7.12. The van der Waals surface area contributed by atoms with Crippen molar-refractivity contribution >= 4 is 17.2 Å². The van der Waals surface area contributed by atoms with E-state index in [0.29, 0.717) is 5.56 Å². The summed E-state index contributed by atoms with van der Waals surface area (Å²) in [6.07, 6.45) is -0.121. The summed E-state index contributed by atoms with van der Waals surface area (Å²) < 4.78 is 0. The highest BCUT2D eigenvalue weighted by atomic mass is 32.1. The van der Waals surface area contributed by atoms with Crippen molar-refractivity contribution in [3.05, 3.63) is 57.3 Å². The second-order valence-corrected chi connectivity index (χ2v) is 6.32. The molecule has 0 fully saturated rings. The molecule has 0 spiro atoms. The molecule has 112 valence electrons. The van der Waals surface area contributed by atoms with Gasteiger partial charge in [0, 0.05) is 9.75 Å². The molecule has 1 amide bonds. The van der Waals surface area contributed by atoms with E-state index in [1.807, 2.05) is 25.1 Å². The average molecular weight is 303 g/mol. The number of thiophene rings is 1. The van der Waals surface area contributed by atoms with Gasteiger partial charge in [0.1, 0.15) is 0 Å². The number of rotatable bonds is 5. The Balaban J connectivity index is 2.04. The predicted molar refractivity (Wildman–Crippen MR) is 86.4 cm³/mol. The number of aliphatic hydroxyl groups is 1. The van der Waals surface area contributed by atoms with Crippen molar-refractivity contribution in [1.82, 2.24) is 5.32 Å². The van der Waals surface area contributed by atoms with E-state index in [2.05, 4.69) is 25.2 Å². The van der Waals surface area contributed by atoms with Gasteiger partial charge in [-0.2, -0.15) is 0 Å². The first-order valence-electron chi connectivity index (χ1n) is 7.15. The van der Waals surface area contributed by atoms with Crippen LogP contribution < -0.4 is 5.32 Å². The minimum absolute atomic E-state index is 0.0973. The van der Waals surface area contributed by atoms with Gasteiger partial charge in [-0.1, -0.05) is 37.3 Å². The summed E-state index contributed by atoms with van der Waals surface area (Å²) in [7, 11) is 0. The van der Waals surface area contributed by atoms with Crippen molar-refractivity contribution in [1.29, 1.82) is 0 Å². The van der Waals surface area contributed by atoms with Crippen LogP contribution in [0.15, 0.2) is 36.4 Å². The van der Waals surface area contributed by atoms with Gasteiger partial charge in [0.25, 0.3) is 5.91 Å². The Bertz CT molecular complexity index is 607. The maximum atomic E-state index is 12.1. The third-order valence-corrected chi connectivity index (χ3v) is 5.07. The fourth-order valence-electron chi connectivity index (χ4n) is 2.26. The molecule has 0 aliphatic heterocycles. The highest BCUT2D eigenvalue weighted by Gasteiger charge is 2.20. The zero-order valence-corrected chi connectivity index (χ0v) is 13.4. The van der Waals surface area contributed by atoms with Gasteiger partial charge >= 0.3 is 0 Å².